The van der Waals surface area contributed by atoms with Crippen LogP contribution in [0.5, 0.6) is 11.5 Å². The van der Waals surface area contributed by atoms with Gasteiger partial charge in [0, 0.05) is 36.2 Å². The molecule has 280 valence electrons. The van der Waals surface area contributed by atoms with Crippen LogP contribution in [-0.4, -0.2) is 74.6 Å². The first-order valence-electron chi connectivity index (χ1n) is 18.9. The predicted octanol–water partition coefficient (Wildman–Crippen LogP) is 7.70. The molecule has 53 heavy (non-hydrogen) atoms. The Labute approximate surface area is 312 Å². The number of fused-ring (bicyclic) bond motifs is 2. The van der Waals surface area contributed by atoms with E-state index in [0.717, 1.165) is 77.8 Å². The minimum absolute atomic E-state index is 0.166. The van der Waals surface area contributed by atoms with Gasteiger partial charge < -0.3 is 24.6 Å². The number of likely N-dealkylation sites (N-methyl/N-ethyl adjacent to an activating group) is 1. The molecule has 2 aliphatic rings. The van der Waals surface area contributed by atoms with E-state index in [4.69, 9.17) is 14.6 Å². The third-order valence-corrected chi connectivity index (χ3v) is 10.4. The molecule has 0 radical (unpaired) electrons. The van der Waals surface area contributed by atoms with Crippen molar-refractivity contribution in [3.05, 3.63) is 89.7 Å². The first kappa shape index (κ1) is 36.3. The van der Waals surface area contributed by atoms with Crippen molar-refractivity contribution < 1.29 is 14.3 Å². The minimum Gasteiger partial charge on any atom is -0.492 e. The van der Waals surface area contributed by atoms with Crippen LogP contribution in [0, 0.1) is 0 Å². The van der Waals surface area contributed by atoms with Crippen molar-refractivity contribution in [3.63, 3.8) is 0 Å². The van der Waals surface area contributed by atoms with Gasteiger partial charge in [-0.25, -0.2) is 9.48 Å². The van der Waals surface area contributed by atoms with E-state index < -0.39 is 0 Å². The zero-order chi connectivity index (χ0) is 37.3. The fraction of sp³-hybridized carbons (Fsp3) is 0.463. The molecule has 1 saturated heterocycles. The smallest absolute Gasteiger partial charge is 0.320 e. The van der Waals surface area contributed by atoms with Gasteiger partial charge in [0.05, 0.1) is 23.6 Å². The van der Waals surface area contributed by atoms with Crippen molar-refractivity contribution >= 4 is 23.4 Å². The van der Waals surface area contributed by atoms with Gasteiger partial charge in [-0.05, 0) is 95.4 Å². The Morgan fingerprint density at radius 1 is 0.906 bits per heavy atom. The summed E-state index contributed by atoms with van der Waals surface area (Å²) in [6.07, 6.45) is 6.82. The molecule has 12 nitrogen and oxygen atoms in total. The van der Waals surface area contributed by atoms with Crippen LogP contribution >= 0.6 is 0 Å². The van der Waals surface area contributed by atoms with Crippen LogP contribution < -0.4 is 25.0 Å². The second-order valence-electron chi connectivity index (χ2n) is 15.8. The van der Waals surface area contributed by atoms with Gasteiger partial charge in [-0.1, -0.05) is 51.1 Å². The molecule has 4 atom stereocenters. The van der Waals surface area contributed by atoms with Crippen molar-refractivity contribution in [3.8, 4) is 17.2 Å². The molecule has 1 aliphatic carbocycles. The molecule has 1 aliphatic heterocycles. The molecule has 0 spiro atoms. The van der Waals surface area contributed by atoms with Gasteiger partial charge >= 0.3 is 6.03 Å². The molecule has 2 amide bonds. The van der Waals surface area contributed by atoms with Gasteiger partial charge in [0.1, 0.15) is 30.0 Å². The van der Waals surface area contributed by atoms with E-state index in [0.29, 0.717) is 24.5 Å². The number of aromatic nitrogens is 5. The number of pyridine rings is 1. The standard InChI is InChI=1S/C41H53N9O3/c1-27-12-10-13-28(2)49(27)40-45-44-37-21-18-31(26-48(37)40)53-35-20-19-34(32-16-8-9-17-33(32)35)42-39(51)43-38-25-36(41(3,4)5)46-50(38)29-14-11-15-30(24-29)52-23-22-47(6)7/h8-9,11,14-18,21,24-28,34-35H,10,12-13,19-20,22-23H2,1-7H3,(H2,42,43,51)/t27-,28+,34-,35+/m0/s1. The predicted molar refractivity (Wildman–Crippen MR) is 208 cm³/mol. The lowest BCUT2D eigenvalue weighted by molar-refractivity contribution is 0.171. The maximum Gasteiger partial charge on any atom is 0.320 e. The molecule has 2 aromatic carbocycles. The van der Waals surface area contributed by atoms with Crippen LogP contribution in [-0.2, 0) is 5.41 Å². The second-order valence-corrected chi connectivity index (χ2v) is 15.8. The van der Waals surface area contributed by atoms with E-state index in [1.54, 1.807) is 4.68 Å². The van der Waals surface area contributed by atoms with Gasteiger partial charge in [0.15, 0.2) is 5.65 Å². The van der Waals surface area contributed by atoms with Gasteiger partial charge in [0.2, 0.25) is 5.95 Å². The zero-order valence-corrected chi connectivity index (χ0v) is 32.0. The summed E-state index contributed by atoms with van der Waals surface area (Å²) >= 11 is 0. The number of nitrogens with zero attached hydrogens (tertiary/aromatic N) is 7. The second kappa shape index (κ2) is 15.1. The molecule has 4 heterocycles. The molecule has 0 bridgehead atoms. The van der Waals surface area contributed by atoms with E-state index >= 15 is 0 Å². The van der Waals surface area contributed by atoms with Crippen LogP contribution in [0.2, 0.25) is 0 Å². The molecular formula is C41H53N9O3. The lowest BCUT2D eigenvalue weighted by atomic mass is 9.85. The number of carbonyl (C=O) groups is 1. The topological polar surface area (TPSA) is 114 Å². The van der Waals surface area contributed by atoms with Crippen molar-refractivity contribution in [2.75, 3.05) is 37.5 Å². The Morgan fingerprint density at radius 3 is 2.43 bits per heavy atom. The normalized spacial score (nSPS) is 20.3. The average Bonchev–Trinajstić information content (AvgIpc) is 3.74. The van der Waals surface area contributed by atoms with Crippen LogP contribution in [0.25, 0.3) is 11.3 Å². The summed E-state index contributed by atoms with van der Waals surface area (Å²) in [5.41, 5.74) is 4.36. The Balaban J connectivity index is 1.08. The molecule has 7 rings (SSSR count). The minimum atomic E-state index is -0.295. The number of carbonyl (C=O) groups excluding carboxylic acids is 1. The van der Waals surface area contributed by atoms with E-state index in [1.807, 2.05) is 74.9 Å². The molecule has 0 saturated carbocycles. The number of nitrogens with one attached hydrogen (secondary N) is 2. The van der Waals surface area contributed by atoms with Gasteiger partial charge in [0.25, 0.3) is 0 Å². The molecule has 5 aromatic rings. The fourth-order valence-corrected chi connectivity index (χ4v) is 7.50. The highest BCUT2D eigenvalue weighted by molar-refractivity contribution is 5.89. The summed E-state index contributed by atoms with van der Waals surface area (Å²) < 4.78 is 16.5. The Bertz CT molecular complexity index is 2040. The van der Waals surface area contributed by atoms with Crippen molar-refractivity contribution in [2.45, 2.75) is 96.4 Å². The molecular weight excluding hydrogens is 667 g/mol. The Hall–Kier alpha value is -5.10. The highest BCUT2D eigenvalue weighted by Crippen LogP contribution is 2.39. The summed E-state index contributed by atoms with van der Waals surface area (Å²) in [5.74, 6) is 2.95. The number of rotatable bonds is 10. The number of amides is 2. The lowest BCUT2D eigenvalue weighted by Gasteiger charge is -2.39. The van der Waals surface area contributed by atoms with Crippen LogP contribution in [0.15, 0.2) is 72.9 Å². The quantitative estimate of drug-likeness (QED) is 0.151. The van der Waals surface area contributed by atoms with Gasteiger partial charge in [-0.15, -0.1) is 10.2 Å². The first-order chi connectivity index (χ1) is 25.4. The van der Waals surface area contributed by atoms with E-state index in [2.05, 4.69) is 81.8 Å². The fourth-order valence-electron chi connectivity index (χ4n) is 7.50. The number of anilines is 2. The largest absolute Gasteiger partial charge is 0.492 e. The number of hydrogen-bond donors (Lipinski definition) is 2. The third kappa shape index (κ3) is 7.97. The zero-order valence-electron chi connectivity index (χ0n) is 32.0. The number of piperidine rings is 1. The van der Waals surface area contributed by atoms with Crippen molar-refractivity contribution in [2.24, 2.45) is 0 Å². The van der Waals surface area contributed by atoms with E-state index in [1.165, 1.54) is 6.42 Å². The monoisotopic (exact) mass is 719 g/mol. The molecule has 2 N–H and O–H groups in total. The van der Waals surface area contributed by atoms with Crippen LogP contribution in [0.4, 0.5) is 16.6 Å². The van der Waals surface area contributed by atoms with Gasteiger partial charge in [-0.3, -0.25) is 9.72 Å². The van der Waals surface area contributed by atoms with E-state index in [9.17, 15) is 4.79 Å². The SMILES string of the molecule is C[C@@H]1CCC[C@H](C)N1c1nnc2ccc(O[C@@H]3CC[C@H](NC(=O)Nc4cc(C(C)(C)C)nn4-c4cccc(OCCN(C)C)c4)c4ccccc43)cn12. The number of benzene rings is 2. The summed E-state index contributed by atoms with van der Waals surface area (Å²) in [4.78, 5) is 18.2. The summed E-state index contributed by atoms with van der Waals surface area (Å²) in [5, 5.41) is 20.4. The van der Waals surface area contributed by atoms with E-state index in [-0.39, 0.29) is 23.6 Å². The first-order valence-corrected chi connectivity index (χ1v) is 18.9. The third-order valence-electron chi connectivity index (χ3n) is 10.4. The molecule has 3 aromatic heterocycles. The number of ether oxygens (including phenoxy) is 2. The van der Waals surface area contributed by atoms with Crippen LogP contribution in [0.3, 0.4) is 0 Å². The molecule has 0 unspecified atom stereocenters. The highest BCUT2D eigenvalue weighted by Gasteiger charge is 2.31. The summed E-state index contributed by atoms with van der Waals surface area (Å²) in [7, 11) is 4.04. The molecule has 1 fully saturated rings. The highest BCUT2D eigenvalue weighted by atomic mass is 16.5. The summed E-state index contributed by atoms with van der Waals surface area (Å²) in [6.45, 7) is 12.2. The van der Waals surface area contributed by atoms with Gasteiger partial charge in [-0.2, -0.15) is 5.10 Å². The number of urea groups is 1. The van der Waals surface area contributed by atoms with Crippen molar-refractivity contribution in [1.82, 2.24) is 34.6 Å². The summed E-state index contributed by atoms with van der Waals surface area (Å²) in [6, 6.07) is 22.2. The van der Waals surface area contributed by atoms with Crippen LogP contribution in [0.1, 0.15) is 95.7 Å². The van der Waals surface area contributed by atoms with Crippen molar-refractivity contribution in [1.29, 1.82) is 0 Å². The molecule has 12 heteroatoms. The maximum absolute atomic E-state index is 13.7. The Kier molecular flexibility index (Phi) is 10.3. The lowest BCUT2D eigenvalue weighted by Crippen LogP contribution is -2.44. The Morgan fingerprint density at radius 2 is 1.68 bits per heavy atom. The average molecular weight is 720 g/mol. The number of hydrogen-bond acceptors (Lipinski definition) is 8. The maximum atomic E-state index is 13.7.